The number of rotatable bonds is 3. The molecule has 0 radical (unpaired) electrons. The molecule has 0 spiro atoms. The van der Waals surface area contributed by atoms with Gasteiger partial charge in [-0.1, -0.05) is 0 Å². The van der Waals surface area contributed by atoms with Gasteiger partial charge in [0.25, 0.3) is 5.56 Å². The zero-order chi connectivity index (χ0) is 15.0. The second-order valence-corrected chi connectivity index (χ2v) is 6.60. The molecule has 0 amide bonds. The van der Waals surface area contributed by atoms with Crippen LogP contribution in [0.15, 0.2) is 46.2 Å². The Morgan fingerprint density at radius 2 is 1.86 bits per heavy atom. The Bertz CT molecular complexity index is 955. The number of fused-ring (bicyclic) bond motifs is 1. The summed E-state index contributed by atoms with van der Waals surface area (Å²) in [5.41, 5.74) is 1.00. The zero-order valence-electron chi connectivity index (χ0n) is 11.0. The lowest BCUT2D eigenvalue weighted by atomic mass is 10.3. The highest BCUT2D eigenvalue weighted by molar-refractivity contribution is 7.90. The van der Waals surface area contributed by atoms with Gasteiger partial charge in [-0.25, -0.2) is 8.42 Å². The highest BCUT2D eigenvalue weighted by Crippen LogP contribution is 2.21. The molecule has 2 aromatic heterocycles. The van der Waals surface area contributed by atoms with Crippen molar-refractivity contribution in [3.8, 4) is 0 Å². The molecule has 0 saturated carbocycles. The Labute approximate surface area is 119 Å². The average molecular weight is 304 g/mol. The van der Waals surface area contributed by atoms with E-state index in [9.17, 15) is 13.2 Å². The standard InChI is InChI=1S/C13H12N4O3S/c1-21(19,20)9-4-2-8(3-5-9)15-12-11-10(16-17-12)6-7-14-13(11)18/h2-7H,1H3,(H,14,18)(H2,15,16,17). The molecule has 7 nitrogen and oxygen atoms in total. The molecule has 3 rings (SSSR count). The van der Waals surface area contributed by atoms with Crippen LogP contribution in [0.5, 0.6) is 0 Å². The maximum Gasteiger partial charge on any atom is 0.261 e. The van der Waals surface area contributed by atoms with Crippen LogP contribution in [-0.2, 0) is 9.84 Å². The summed E-state index contributed by atoms with van der Waals surface area (Å²) in [5.74, 6) is 0.388. The lowest BCUT2D eigenvalue weighted by molar-refractivity contribution is 0.602. The number of hydrogen-bond acceptors (Lipinski definition) is 5. The summed E-state index contributed by atoms with van der Waals surface area (Å²) < 4.78 is 22.8. The monoisotopic (exact) mass is 304 g/mol. The molecule has 0 aliphatic carbocycles. The molecule has 0 atom stereocenters. The van der Waals surface area contributed by atoms with Crippen LogP contribution in [-0.4, -0.2) is 29.9 Å². The summed E-state index contributed by atoms with van der Waals surface area (Å²) in [4.78, 5) is 14.6. The number of pyridine rings is 1. The normalized spacial score (nSPS) is 11.7. The van der Waals surface area contributed by atoms with Crippen molar-refractivity contribution < 1.29 is 8.42 Å². The first kappa shape index (κ1) is 13.4. The SMILES string of the molecule is CS(=O)(=O)c1ccc(Nc2n[nH]c3cc[nH]c(=O)c23)cc1. The zero-order valence-corrected chi connectivity index (χ0v) is 11.9. The molecule has 108 valence electrons. The van der Waals surface area contributed by atoms with Crippen molar-refractivity contribution in [2.24, 2.45) is 0 Å². The summed E-state index contributed by atoms with van der Waals surface area (Å²) in [6.07, 6.45) is 2.68. The van der Waals surface area contributed by atoms with Gasteiger partial charge in [0, 0.05) is 18.1 Å². The number of hydrogen-bond donors (Lipinski definition) is 3. The van der Waals surface area contributed by atoms with E-state index in [1.54, 1.807) is 18.2 Å². The lowest BCUT2D eigenvalue weighted by Gasteiger charge is -2.04. The fraction of sp³-hybridized carbons (Fsp3) is 0.0769. The third kappa shape index (κ3) is 2.52. The van der Waals surface area contributed by atoms with E-state index in [0.717, 1.165) is 6.26 Å². The van der Waals surface area contributed by atoms with Crippen LogP contribution in [0.25, 0.3) is 10.9 Å². The molecule has 0 bridgehead atoms. The highest BCUT2D eigenvalue weighted by atomic mass is 32.2. The first-order chi connectivity index (χ1) is 9.95. The van der Waals surface area contributed by atoms with Crippen LogP contribution in [0.4, 0.5) is 11.5 Å². The Balaban J connectivity index is 1.98. The largest absolute Gasteiger partial charge is 0.338 e. The maximum absolute atomic E-state index is 11.8. The van der Waals surface area contributed by atoms with Gasteiger partial charge in [0.2, 0.25) is 0 Å². The third-order valence-electron chi connectivity index (χ3n) is 3.03. The van der Waals surface area contributed by atoms with Crippen molar-refractivity contribution in [1.29, 1.82) is 0 Å². The minimum Gasteiger partial charge on any atom is -0.338 e. The minimum absolute atomic E-state index is 0.234. The second-order valence-electron chi connectivity index (χ2n) is 4.59. The number of aromatic amines is 2. The number of H-pyrrole nitrogens is 2. The van der Waals surface area contributed by atoms with Gasteiger partial charge in [0.15, 0.2) is 15.7 Å². The predicted molar refractivity (Wildman–Crippen MR) is 79.5 cm³/mol. The number of sulfone groups is 1. The van der Waals surface area contributed by atoms with Crippen molar-refractivity contribution in [2.45, 2.75) is 4.90 Å². The van der Waals surface area contributed by atoms with Crippen LogP contribution in [0.2, 0.25) is 0 Å². The molecule has 1 aromatic carbocycles. The lowest BCUT2D eigenvalue weighted by Crippen LogP contribution is -2.05. The summed E-state index contributed by atoms with van der Waals surface area (Å²) in [5, 5.41) is 10.2. The van der Waals surface area contributed by atoms with E-state index in [0.29, 0.717) is 22.4 Å². The molecule has 0 aliphatic rings. The number of aromatic nitrogens is 3. The number of nitrogens with zero attached hydrogens (tertiary/aromatic N) is 1. The molecule has 0 fully saturated rings. The Hall–Kier alpha value is -2.61. The average Bonchev–Trinajstić information content (AvgIpc) is 2.83. The number of benzene rings is 1. The molecule has 3 aromatic rings. The van der Waals surface area contributed by atoms with Gasteiger partial charge < -0.3 is 10.3 Å². The Morgan fingerprint density at radius 3 is 2.52 bits per heavy atom. The molecule has 0 aliphatic heterocycles. The molecule has 2 heterocycles. The predicted octanol–water partition coefficient (Wildman–Crippen LogP) is 1.40. The van der Waals surface area contributed by atoms with E-state index in [1.807, 2.05) is 0 Å². The minimum atomic E-state index is -3.23. The topological polar surface area (TPSA) is 108 Å². The summed E-state index contributed by atoms with van der Waals surface area (Å²) in [6.45, 7) is 0. The van der Waals surface area contributed by atoms with Gasteiger partial charge in [-0.15, -0.1) is 0 Å². The Kier molecular flexibility index (Phi) is 3.02. The quantitative estimate of drug-likeness (QED) is 0.678. The van der Waals surface area contributed by atoms with E-state index in [2.05, 4.69) is 20.5 Å². The fourth-order valence-corrected chi connectivity index (χ4v) is 2.62. The molecule has 0 saturated heterocycles. The van der Waals surface area contributed by atoms with E-state index >= 15 is 0 Å². The van der Waals surface area contributed by atoms with Gasteiger partial charge in [-0.2, -0.15) is 5.10 Å². The van der Waals surface area contributed by atoms with Crippen LogP contribution in [0.1, 0.15) is 0 Å². The maximum atomic E-state index is 11.8. The molecule has 8 heteroatoms. The number of nitrogens with one attached hydrogen (secondary N) is 3. The molecule has 3 N–H and O–H groups in total. The van der Waals surface area contributed by atoms with Crippen LogP contribution < -0.4 is 10.9 Å². The van der Waals surface area contributed by atoms with E-state index in [-0.39, 0.29) is 10.5 Å². The van der Waals surface area contributed by atoms with Gasteiger partial charge in [0.1, 0.15) is 5.39 Å². The van der Waals surface area contributed by atoms with Crippen molar-refractivity contribution in [1.82, 2.24) is 15.2 Å². The van der Waals surface area contributed by atoms with Crippen LogP contribution in [0.3, 0.4) is 0 Å². The van der Waals surface area contributed by atoms with Gasteiger partial charge in [-0.3, -0.25) is 9.89 Å². The van der Waals surface area contributed by atoms with E-state index in [4.69, 9.17) is 0 Å². The molecule has 0 unspecified atom stereocenters. The summed E-state index contributed by atoms with van der Waals surface area (Å²) >= 11 is 0. The van der Waals surface area contributed by atoms with Crippen LogP contribution >= 0.6 is 0 Å². The molecular formula is C13H12N4O3S. The van der Waals surface area contributed by atoms with Crippen molar-refractivity contribution in [2.75, 3.05) is 11.6 Å². The number of anilines is 2. The first-order valence-corrected chi connectivity index (χ1v) is 7.97. The smallest absolute Gasteiger partial charge is 0.261 e. The van der Waals surface area contributed by atoms with Gasteiger partial charge >= 0.3 is 0 Å². The van der Waals surface area contributed by atoms with Crippen molar-refractivity contribution in [3.05, 3.63) is 46.9 Å². The van der Waals surface area contributed by atoms with Crippen molar-refractivity contribution >= 4 is 32.2 Å². The van der Waals surface area contributed by atoms with Gasteiger partial charge in [0.05, 0.1) is 10.4 Å². The van der Waals surface area contributed by atoms with E-state index < -0.39 is 9.84 Å². The molecular weight excluding hydrogens is 292 g/mol. The summed E-state index contributed by atoms with van der Waals surface area (Å²) in [7, 11) is -3.23. The van der Waals surface area contributed by atoms with Gasteiger partial charge in [-0.05, 0) is 30.3 Å². The Morgan fingerprint density at radius 1 is 1.14 bits per heavy atom. The van der Waals surface area contributed by atoms with E-state index in [1.165, 1.54) is 18.3 Å². The molecule has 21 heavy (non-hydrogen) atoms. The second kappa shape index (κ2) is 4.74. The van der Waals surface area contributed by atoms with Crippen LogP contribution in [0, 0.1) is 0 Å². The summed E-state index contributed by atoms with van der Waals surface area (Å²) in [6, 6.07) is 7.94. The highest BCUT2D eigenvalue weighted by Gasteiger charge is 2.10. The fourth-order valence-electron chi connectivity index (χ4n) is 1.99. The third-order valence-corrected chi connectivity index (χ3v) is 4.16. The first-order valence-electron chi connectivity index (χ1n) is 6.08. The van der Waals surface area contributed by atoms with Crippen molar-refractivity contribution in [3.63, 3.8) is 0 Å².